The van der Waals surface area contributed by atoms with Gasteiger partial charge in [-0.25, -0.2) is 0 Å². The van der Waals surface area contributed by atoms with Crippen molar-refractivity contribution in [2.24, 2.45) is 0 Å². The molecule has 5 nitrogen and oxygen atoms in total. The fourth-order valence-corrected chi connectivity index (χ4v) is 3.82. The number of para-hydroxylation sites is 1. The van der Waals surface area contributed by atoms with E-state index in [-0.39, 0.29) is 17.0 Å². The van der Waals surface area contributed by atoms with E-state index in [1.54, 1.807) is 6.07 Å². The number of carbonyl (C=O) groups excluding carboxylic acids is 1. The van der Waals surface area contributed by atoms with Crippen LogP contribution < -0.4 is 10.9 Å². The molecule has 1 aliphatic carbocycles. The zero-order valence-corrected chi connectivity index (χ0v) is 14.9. The molecule has 0 saturated heterocycles. The Kier molecular flexibility index (Phi) is 4.37. The predicted molar refractivity (Wildman–Crippen MR) is 103 cm³/mol. The lowest BCUT2D eigenvalue weighted by Crippen LogP contribution is -2.32. The summed E-state index contributed by atoms with van der Waals surface area (Å²) in [5, 5.41) is 4.08. The van der Waals surface area contributed by atoms with Gasteiger partial charge in [0.25, 0.3) is 11.5 Å². The molecule has 0 unspecified atom stereocenters. The first-order valence-corrected chi connectivity index (χ1v) is 9.22. The number of H-pyrrole nitrogens is 2. The van der Waals surface area contributed by atoms with Crippen LogP contribution in [0.3, 0.4) is 0 Å². The van der Waals surface area contributed by atoms with E-state index in [2.05, 4.69) is 34.3 Å². The third kappa shape index (κ3) is 3.05. The van der Waals surface area contributed by atoms with Crippen molar-refractivity contribution in [1.29, 1.82) is 0 Å². The zero-order chi connectivity index (χ0) is 18.1. The number of rotatable bonds is 4. The molecule has 2 aromatic heterocycles. The lowest BCUT2D eigenvalue weighted by Gasteiger charge is -2.15. The summed E-state index contributed by atoms with van der Waals surface area (Å²) in [6.45, 7) is 2.57. The topological polar surface area (TPSA) is 77.8 Å². The summed E-state index contributed by atoms with van der Waals surface area (Å²) in [5.41, 5.74) is 5.55. The monoisotopic (exact) mass is 349 g/mol. The molecule has 0 atom stereocenters. The highest BCUT2D eigenvalue weighted by atomic mass is 16.2. The maximum absolute atomic E-state index is 12.5. The van der Waals surface area contributed by atoms with Gasteiger partial charge in [0.2, 0.25) is 0 Å². The Bertz CT molecular complexity index is 1030. The summed E-state index contributed by atoms with van der Waals surface area (Å²) in [5.74, 6) is -0.296. The van der Waals surface area contributed by atoms with Crippen molar-refractivity contribution in [2.75, 3.05) is 6.54 Å². The number of benzene rings is 1. The molecule has 26 heavy (non-hydrogen) atoms. The molecule has 0 saturated carbocycles. The average Bonchev–Trinajstić information content (AvgIpc) is 3.05. The molecule has 5 heteroatoms. The highest BCUT2D eigenvalue weighted by Gasteiger charge is 2.17. The fraction of sp³-hybridized carbons (Fsp3) is 0.333. The van der Waals surface area contributed by atoms with Crippen LogP contribution in [-0.2, 0) is 19.3 Å². The van der Waals surface area contributed by atoms with E-state index in [4.69, 9.17) is 0 Å². The van der Waals surface area contributed by atoms with Crippen molar-refractivity contribution in [3.63, 3.8) is 0 Å². The molecule has 0 fully saturated rings. The average molecular weight is 349 g/mol. The third-order valence-corrected chi connectivity index (χ3v) is 5.27. The number of pyridine rings is 1. The Morgan fingerprint density at radius 3 is 2.96 bits per heavy atom. The van der Waals surface area contributed by atoms with Crippen LogP contribution in [0.2, 0.25) is 0 Å². The molecule has 3 aromatic rings. The van der Waals surface area contributed by atoms with Crippen molar-refractivity contribution in [2.45, 2.75) is 39.0 Å². The Morgan fingerprint density at radius 1 is 1.23 bits per heavy atom. The van der Waals surface area contributed by atoms with Gasteiger partial charge in [0.1, 0.15) is 5.56 Å². The molecule has 0 spiro atoms. The van der Waals surface area contributed by atoms with Gasteiger partial charge < -0.3 is 15.3 Å². The number of fused-ring (bicyclic) bond motifs is 2. The van der Waals surface area contributed by atoms with E-state index in [9.17, 15) is 9.59 Å². The van der Waals surface area contributed by atoms with Crippen molar-refractivity contribution >= 4 is 16.8 Å². The van der Waals surface area contributed by atoms with E-state index in [0.29, 0.717) is 6.54 Å². The second-order valence-corrected chi connectivity index (χ2v) is 7.04. The fourth-order valence-electron chi connectivity index (χ4n) is 3.82. The lowest BCUT2D eigenvalue weighted by atomic mass is 9.95. The van der Waals surface area contributed by atoms with Crippen molar-refractivity contribution in [3.8, 4) is 0 Å². The van der Waals surface area contributed by atoms with E-state index in [1.165, 1.54) is 16.5 Å². The summed E-state index contributed by atoms with van der Waals surface area (Å²) < 4.78 is 0. The molecule has 4 rings (SSSR count). The summed E-state index contributed by atoms with van der Waals surface area (Å²) in [4.78, 5) is 30.9. The molecule has 0 radical (unpaired) electrons. The minimum Gasteiger partial charge on any atom is -0.361 e. The van der Waals surface area contributed by atoms with Crippen LogP contribution in [0, 0.1) is 6.92 Å². The molecule has 134 valence electrons. The minimum atomic E-state index is -0.296. The molecule has 1 amide bonds. The summed E-state index contributed by atoms with van der Waals surface area (Å²) in [6.07, 6.45) is 6.75. The van der Waals surface area contributed by atoms with Crippen LogP contribution in [0.5, 0.6) is 0 Å². The molecule has 2 heterocycles. The van der Waals surface area contributed by atoms with Gasteiger partial charge in [-0.2, -0.15) is 0 Å². The van der Waals surface area contributed by atoms with E-state index in [0.717, 1.165) is 48.9 Å². The zero-order valence-electron chi connectivity index (χ0n) is 14.9. The quantitative estimate of drug-likeness (QED) is 0.677. The van der Waals surface area contributed by atoms with Crippen LogP contribution >= 0.6 is 0 Å². The molecule has 3 N–H and O–H groups in total. The van der Waals surface area contributed by atoms with Crippen LogP contribution in [0.25, 0.3) is 10.9 Å². The van der Waals surface area contributed by atoms with Crippen molar-refractivity contribution in [1.82, 2.24) is 15.3 Å². The van der Waals surface area contributed by atoms with Gasteiger partial charge in [-0.3, -0.25) is 9.59 Å². The van der Waals surface area contributed by atoms with E-state index in [1.807, 2.05) is 12.3 Å². The maximum atomic E-state index is 12.5. The smallest absolute Gasteiger partial charge is 0.261 e. The number of hydrogen-bond donors (Lipinski definition) is 3. The Morgan fingerprint density at radius 2 is 2.08 bits per heavy atom. The molecule has 1 aliphatic rings. The predicted octanol–water partition coefficient (Wildman–Crippen LogP) is 3.02. The third-order valence-electron chi connectivity index (χ3n) is 5.27. The number of nitrogens with one attached hydrogen (secondary N) is 3. The number of aromatic nitrogens is 2. The van der Waals surface area contributed by atoms with Crippen LogP contribution in [0.4, 0.5) is 0 Å². The standard InChI is InChI=1S/C21H23N3O2/c1-13-5-4-7-16-15(12-23-19(13)16)9-10-22-20(25)17-11-14-6-2-3-8-18(14)24-21(17)26/h4-5,7,11-12,23H,2-3,6,8-10H2,1H3,(H,22,25)(H,24,26). The van der Waals surface area contributed by atoms with Crippen molar-refractivity contribution < 1.29 is 4.79 Å². The number of aryl methyl sites for hydroxylation is 3. The van der Waals surface area contributed by atoms with Gasteiger partial charge in [0.15, 0.2) is 0 Å². The molecule has 1 aromatic carbocycles. The van der Waals surface area contributed by atoms with Crippen LogP contribution in [-0.4, -0.2) is 22.4 Å². The molecular weight excluding hydrogens is 326 g/mol. The number of carbonyl (C=O) groups is 1. The van der Waals surface area contributed by atoms with Gasteiger partial charge in [-0.1, -0.05) is 18.2 Å². The lowest BCUT2D eigenvalue weighted by molar-refractivity contribution is 0.0952. The molecule has 0 aliphatic heterocycles. The van der Waals surface area contributed by atoms with Gasteiger partial charge in [-0.05, 0) is 61.8 Å². The van der Waals surface area contributed by atoms with Gasteiger partial charge in [0, 0.05) is 29.3 Å². The number of amides is 1. The van der Waals surface area contributed by atoms with E-state index >= 15 is 0 Å². The summed E-state index contributed by atoms with van der Waals surface area (Å²) in [6, 6.07) is 7.98. The summed E-state index contributed by atoms with van der Waals surface area (Å²) >= 11 is 0. The van der Waals surface area contributed by atoms with Crippen molar-refractivity contribution in [3.05, 3.63) is 68.8 Å². The minimum absolute atomic E-state index is 0.223. The Labute approximate surface area is 151 Å². The second-order valence-electron chi connectivity index (χ2n) is 7.04. The summed E-state index contributed by atoms with van der Waals surface area (Å²) in [7, 11) is 0. The van der Waals surface area contributed by atoms with Crippen LogP contribution in [0.15, 0.2) is 35.3 Å². The second kappa shape index (κ2) is 6.83. The first-order chi connectivity index (χ1) is 12.6. The Hall–Kier alpha value is -2.82. The highest BCUT2D eigenvalue weighted by Crippen LogP contribution is 2.21. The normalized spacial score (nSPS) is 13.6. The molecule has 0 bridgehead atoms. The van der Waals surface area contributed by atoms with Gasteiger partial charge >= 0.3 is 0 Å². The van der Waals surface area contributed by atoms with Crippen LogP contribution in [0.1, 0.15) is 45.6 Å². The maximum Gasteiger partial charge on any atom is 0.261 e. The van der Waals surface area contributed by atoms with Gasteiger partial charge in [-0.15, -0.1) is 0 Å². The van der Waals surface area contributed by atoms with Gasteiger partial charge in [0.05, 0.1) is 0 Å². The first-order valence-electron chi connectivity index (χ1n) is 9.22. The SMILES string of the molecule is Cc1cccc2c(CCNC(=O)c3cc4c([nH]c3=O)CCCC4)c[nH]c12. The largest absolute Gasteiger partial charge is 0.361 e. The number of aromatic amines is 2. The number of hydrogen-bond acceptors (Lipinski definition) is 2. The van der Waals surface area contributed by atoms with E-state index < -0.39 is 0 Å². The molecular formula is C21H23N3O2. The highest BCUT2D eigenvalue weighted by molar-refractivity contribution is 5.94. The first kappa shape index (κ1) is 16.6. The Balaban J connectivity index is 1.46.